The molecular formula is C29H40F3N5O2. The van der Waals surface area contributed by atoms with Crippen molar-refractivity contribution in [1.82, 2.24) is 25.1 Å². The Morgan fingerprint density at radius 1 is 1.10 bits per heavy atom. The highest BCUT2D eigenvalue weighted by Crippen LogP contribution is 2.42. The molecule has 7 nitrogen and oxygen atoms in total. The first-order valence-corrected chi connectivity index (χ1v) is 14.3. The molecule has 6 unspecified atom stereocenters. The SMILES string of the molecule is Cc1cc2c(cn1)cc(C1CC(NC(=O)C3CC(N4CCNCC4)CC(C(F)(F)F)C3)CCC1C)c(=O)n2C. The van der Waals surface area contributed by atoms with Crippen molar-refractivity contribution in [2.45, 2.75) is 76.6 Å². The van der Waals surface area contributed by atoms with Crippen molar-refractivity contribution in [3.63, 3.8) is 0 Å². The molecule has 1 amide bonds. The molecule has 1 aliphatic heterocycles. The molecule has 0 bridgehead atoms. The number of hydrogen-bond donors (Lipinski definition) is 2. The Hall–Kier alpha value is -2.46. The zero-order chi connectivity index (χ0) is 27.9. The minimum atomic E-state index is -4.31. The molecule has 3 fully saturated rings. The minimum Gasteiger partial charge on any atom is -0.353 e. The molecule has 0 spiro atoms. The molecule has 3 aliphatic rings. The summed E-state index contributed by atoms with van der Waals surface area (Å²) >= 11 is 0. The van der Waals surface area contributed by atoms with E-state index >= 15 is 0 Å². The Labute approximate surface area is 227 Å². The van der Waals surface area contributed by atoms with Gasteiger partial charge in [-0.05, 0) is 69.4 Å². The molecule has 2 saturated carbocycles. The fraction of sp³-hybridized carbons (Fsp3) is 0.690. The monoisotopic (exact) mass is 547 g/mol. The third kappa shape index (κ3) is 6.01. The molecule has 0 aromatic carbocycles. The first-order valence-electron chi connectivity index (χ1n) is 14.3. The van der Waals surface area contributed by atoms with Gasteiger partial charge < -0.3 is 15.2 Å². The maximum atomic E-state index is 13.9. The molecule has 3 heterocycles. The van der Waals surface area contributed by atoms with Crippen LogP contribution in [-0.2, 0) is 11.8 Å². The predicted molar refractivity (Wildman–Crippen MR) is 145 cm³/mol. The summed E-state index contributed by atoms with van der Waals surface area (Å²) < 4.78 is 43.3. The highest BCUT2D eigenvalue weighted by atomic mass is 19.4. The van der Waals surface area contributed by atoms with Crippen molar-refractivity contribution in [3.05, 3.63) is 39.9 Å². The molecule has 2 aromatic rings. The van der Waals surface area contributed by atoms with Crippen LogP contribution in [0.5, 0.6) is 0 Å². The van der Waals surface area contributed by atoms with Crippen molar-refractivity contribution < 1.29 is 18.0 Å². The largest absolute Gasteiger partial charge is 0.391 e. The number of carbonyl (C=O) groups is 1. The zero-order valence-corrected chi connectivity index (χ0v) is 23.1. The second-order valence-corrected chi connectivity index (χ2v) is 12.0. The number of nitrogens with zero attached hydrogens (tertiary/aromatic N) is 3. The third-order valence-electron chi connectivity index (χ3n) is 9.40. The number of aromatic nitrogens is 2. The highest BCUT2D eigenvalue weighted by molar-refractivity contribution is 5.80. The highest BCUT2D eigenvalue weighted by Gasteiger charge is 2.48. The fourth-order valence-corrected chi connectivity index (χ4v) is 7.08. The zero-order valence-electron chi connectivity index (χ0n) is 23.1. The van der Waals surface area contributed by atoms with Gasteiger partial charge in [-0.2, -0.15) is 13.2 Å². The van der Waals surface area contributed by atoms with E-state index in [1.54, 1.807) is 17.8 Å². The predicted octanol–water partition coefficient (Wildman–Crippen LogP) is 3.88. The van der Waals surface area contributed by atoms with Crippen LogP contribution in [0.1, 0.15) is 62.6 Å². The van der Waals surface area contributed by atoms with E-state index < -0.39 is 18.0 Å². The van der Waals surface area contributed by atoms with Gasteiger partial charge in [0.15, 0.2) is 0 Å². The number of halogens is 3. The number of carbonyl (C=O) groups excluding carboxylic acids is 1. The van der Waals surface area contributed by atoms with Gasteiger partial charge in [0.2, 0.25) is 5.91 Å². The second-order valence-electron chi connectivity index (χ2n) is 12.0. The number of piperazine rings is 1. The van der Waals surface area contributed by atoms with E-state index in [0.29, 0.717) is 25.9 Å². The number of aryl methyl sites for hydroxylation is 2. The average Bonchev–Trinajstić information content (AvgIpc) is 2.92. The number of rotatable bonds is 4. The number of nitrogens with one attached hydrogen (secondary N) is 2. The van der Waals surface area contributed by atoms with Crippen molar-refractivity contribution in [3.8, 4) is 0 Å². The minimum absolute atomic E-state index is 0.0451. The number of pyridine rings is 2. The summed E-state index contributed by atoms with van der Waals surface area (Å²) in [5.74, 6) is -2.18. The molecule has 2 aliphatic carbocycles. The number of alkyl halides is 3. The van der Waals surface area contributed by atoms with Crippen molar-refractivity contribution in [2.24, 2.45) is 24.8 Å². The van der Waals surface area contributed by atoms with Gasteiger partial charge in [0, 0.05) is 74.1 Å². The molecule has 214 valence electrons. The summed E-state index contributed by atoms with van der Waals surface area (Å²) in [6.07, 6.45) is 0.0522. The van der Waals surface area contributed by atoms with Crippen LogP contribution in [0.3, 0.4) is 0 Å². The van der Waals surface area contributed by atoms with E-state index in [2.05, 4.69) is 27.4 Å². The Balaban J connectivity index is 1.32. The van der Waals surface area contributed by atoms with Crippen molar-refractivity contribution >= 4 is 16.8 Å². The molecule has 6 atom stereocenters. The van der Waals surface area contributed by atoms with E-state index in [1.165, 1.54) is 0 Å². The van der Waals surface area contributed by atoms with Gasteiger partial charge in [0.1, 0.15) is 0 Å². The van der Waals surface area contributed by atoms with Gasteiger partial charge >= 0.3 is 6.18 Å². The van der Waals surface area contributed by atoms with Crippen LogP contribution in [0.15, 0.2) is 23.1 Å². The van der Waals surface area contributed by atoms with Gasteiger partial charge in [-0.15, -0.1) is 0 Å². The maximum absolute atomic E-state index is 13.9. The summed E-state index contributed by atoms with van der Waals surface area (Å²) in [4.78, 5) is 33.3. The Morgan fingerprint density at radius 3 is 2.56 bits per heavy atom. The smallest absolute Gasteiger partial charge is 0.353 e. The molecule has 1 saturated heterocycles. The Morgan fingerprint density at radius 2 is 1.85 bits per heavy atom. The van der Waals surface area contributed by atoms with Gasteiger partial charge in [-0.1, -0.05) is 6.92 Å². The fourth-order valence-electron chi connectivity index (χ4n) is 7.08. The molecule has 39 heavy (non-hydrogen) atoms. The normalized spacial score (nSPS) is 30.8. The second kappa shape index (κ2) is 11.2. The van der Waals surface area contributed by atoms with Crippen LogP contribution in [0, 0.1) is 24.7 Å². The maximum Gasteiger partial charge on any atom is 0.391 e. The lowest BCUT2D eigenvalue weighted by atomic mass is 9.73. The van der Waals surface area contributed by atoms with Crippen LogP contribution in [0.2, 0.25) is 0 Å². The lowest BCUT2D eigenvalue weighted by Crippen LogP contribution is -2.53. The first kappa shape index (κ1) is 28.1. The molecular weight excluding hydrogens is 507 g/mol. The number of fused-ring (bicyclic) bond motifs is 1. The van der Waals surface area contributed by atoms with E-state index in [-0.39, 0.29) is 48.2 Å². The lowest BCUT2D eigenvalue weighted by molar-refractivity contribution is -0.192. The van der Waals surface area contributed by atoms with E-state index in [0.717, 1.165) is 48.1 Å². The standard InChI is InChI=1S/C29H40F3N5O2/c1-17-4-5-22(15-24(17)25-13-20-16-34-18(2)10-26(20)36(3)28(25)39)35-27(38)19-11-21(29(30,31)32)14-23(12-19)37-8-6-33-7-9-37/h10,13,16-17,19,21-24,33H,4-9,11-12,14-15H2,1-3H3,(H,35,38). The van der Waals surface area contributed by atoms with Crippen LogP contribution >= 0.6 is 0 Å². The first-order chi connectivity index (χ1) is 18.5. The van der Waals surface area contributed by atoms with E-state index in [4.69, 9.17) is 0 Å². The Kier molecular flexibility index (Phi) is 8.06. The van der Waals surface area contributed by atoms with E-state index in [9.17, 15) is 22.8 Å². The van der Waals surface area contributed by atoms with Crippen LogP contribution in [0.25, 0.3) is 10.9 Å². The molecule has 2 aromatic heterocycles. The quantitative estimate of drug-likeness (QED) is 0.608. The summed E-state index contributed by atoms with van der Waals surface area (Å²) in [5.41, 5.74) is 2.35. The molecule has 10 heteroatoms. The van der Waals surface area contributed by atoms with Gasteiger partial charge in [-0.3, -0.25) is 19.5 Å². The van der Waals surface area contributed by atoms with Crippen LogP contribution in [-0.4, -0.2) is 64.8 Å². The summed E-state index contributed by atoms with van der Waals surface area (Å²) in [6, 6.07) is 3.43. The van der Waals surface area contributed by atoms with Crippen LogP contribution in [0.4, 0.5) is 13.2 Å². The molecule has 0 radical (unpaired) electrons. The number of hydrogen-bond acceptors (Lipinski definition) is 5. The van der Waals surface area contributed by atoms with Gasteiger partial charge in [-0.25, -0.2) is 0 Å². The lowest BCUT2D eigenvalue weighted by Gasteiger charge is -2.43. The van der Waals surface area contributed by atoms with Gasteiger partial charge in [0.25, 0.3) is 5.56 Å². The summed E-state index contributed by atoms with van der Waals surface area (Å²) in [7, 11) is 1.77. The average molecular weight is 548 g/mol. The summed E-state index contributed by atoms with van der Waals surface area (Å²) in [5, 5.41) is 7.28. The van der Waals surface area contributed by atoms with Gasteiger partial charge in [0.05, 0.1) is 11.4 Å². The number of amides is 1. The third-order valence-corrected chi connectivity index (χ3v) is 9.40. The van der Waals surface area contributed by atoms with E-state index in [1.807, 2.05) is 19.1 Å². The molecule has 5 rings (SSSR count). The van der Waals surface area contributed by atoms with Crippen molar-refractivity contribution in [2.75, 3.05) is 26.2 Å². The summed E-state index contributed by atoms with van der Waals surface area (Å²) in [6.45, 7) is 6.96. The Bertz CT molecular complexity index is 1260. The topological polar surface area (TPSA) is 79.3 Å². The van der Waals surface area contributed by atoms with Crippen molar-refractivity contribution in [1.29, 1.82) is 0 Å². The van der Waals surface area contributed by atoms with Crippen LogP contribution < -0.4 is 16.2 Å². The molecule has 2 N–H and O–H groups in total.